The van der Waals surface area contributed by atoms with E-state index in [0.717, 1.165) is 12.8 Å². The molecule has 1 N–H and O–H groups in total. The van der Waals surface area contributed by atoms with Gasteiger partial charge in [0.05, 0.1) is 4.90 Å². The molecular formula is C15H16ClN3O2S. The quantitative estimate of drug-likeness (QED) is 0.926. The second-order valence-electron chi connectivity index (χ2n) is 5.40. The normalized spacial score (nSPS) is 15.4. The molecule has 22 heavy (non-hydrogen) atoms. The first kappa shape index (κ1) is 15.2. The van der Waals surface area contributed by atoms with Crippen LogP contribution in [0.1, 0.15) is 36.6 Å². The lowest BCUT2D eigenvalue weighted by molar-refractivity contribution is 0.402. The van der Waals surface area contributed by atoms with E-state index in [1.807, 2.05) is 0 Å². The Labute approximate surface area is 134 Å². The van der Waals surface area contributed by atoms with Crippen molar-refractivity contribution in [1.29, 1.82) is 0 Å². The van der Waals surface area contributed by atoms with Crippen LogP contribution in [0, 0.1) is 6.92 Å². The standard InChI is InChI=1S/C15H16ClN3O2S/c1-10-12(16)6-3-7-13(10)22(20,21)19-14-8-9-17-15(18-14)11-4-2-5-11/h3,6-9,11H,2,4-5H2,1H3,(H,17,18,19). The number of sulfonamides is 1. The van der Waals surface area contributed by atoms with Crippen LogP contribution in [0.2, 0.25) is 5.02 Å². The Balaban J connectivity index is 1.89. The zero-order valence-electron chi connectivity index (χ0n) is 12.1. The van der Waals surface area contributed by atoms with Gasteiger partial charge in [0.15, 0.2) is 0 Å². The van der Waals surface area contributed by atoms with Gasteiger partial charge in [-0.3, -0.25) is 4.72 Å². The fraction of sp³-hybridized carbons (Fsp3) is 0.333. The largest absolute Gasteiger partial charge is 0.263 e. The predicted octanol–water partition coefficient (Wildman–Crippen LogP) is 3.51. The number of rotatable bonds is 4. The third-order valence-corrected chi connectivity index (χ3v) is 5.80. The van der Waals surface area contributed by atoms with Gasteiger partial charge in [0.25, 0.3) is 10.0 Å². The van der Waals surface area contributed by atoms with Gasteiger partial charge in [-0.1, -0.05) is 24.1 Å². The van der Waals surface area contributed by atoms with Gasteiger partial charge in [0.2, 0.25) is 0 Å². The van der Waals surface area contributed by atoms with Gasteiger partial charge in [0, 0.05) is 17.1 Å². The number of hydrogen-bond acceptors (Lipinski definition) is 4. The van der Waals surface area contributed by atoms with Crippen LogP contribution in [-0.4, -0.2) is 18.4 Å². The molecule has 3 rings (SSSR count). The monoisotopic (exact) mass is 337 g/mol. The first-order valence-electron chi connectivity index (χ1n) is 7.08. The van der Waals surface area contributed by atoms with E-state index >= 15 is 0 Å². The number of nitrogens with one attached hydrogen (secondary N) is 1. The first-order valence-corrected chi connectivity index (χ1v) is 8.94. The maximum absolute atomic E-state index is 12.5. The van der Waals surface area contributed by atoms with Crippen molar-refractivity contribution in [2.45, 2.75) is 37.0 Å². The Morgan fingerprint density at radius 1 is 1.27 bits per heavy atom. The molecule has 2 aromatic rings. The van der Waals surface area contributed by atoms with Gasteiger partial charge in [-0.05, 0) is 43.5 Å². The zero-order chi connectivity index (χ0) is 15.7. The molecule has 1 aromatic carbocycles. The molecule has 116 valence electrons. The number of halogens is 1. The molecule has 1 aromatic heterocycles. The molecule has 5 nitrogen and oxygen atoms in total. The highest BCUT2D eigenvalue weighted by Crippen LogP contribution is 2.34. The van der Waals surface area contributed by atoms with Crippen molar-refractivity contribution in [2.24, 2.45) is 0 Å². The van der Waals surface area contributed by atoms with E-state index in [4.69, 9.17) is 11.6 Å². The number of anilines is 1. The maximum atomic E-state index is 12.5. The van der Waals surface area contributed by atoms with E-state index in [9.17, 15) is 8.42 Å². The lowest BCUT2D eigenvalue weighted by Gasteiger charge is -2.23. The van der Waals surface area contributed by atoms with Crippen molar-refractivity contribution in [3.05, 3.63) is 46.9 Å². The Hall–Kier alpha value is -1.66. The van der Waals surface area contributed by atoms with Crippen LogP contribution in [0.15, 0.2) is 35.4 Å². The summed E-state index contributed by atoms with van der Waals surface area (Å²) in [7, 11) is -3.72. The molecule has 0 unspecified atom stereocenters. The Morgan fingerprint density at radius 3 is 2.73 bits per heavy atom. The Kier molecular flexibility index (Phi) is 4.06. The highest BCUT2D eigenvalue weighted by Gasteiger charge is 2.23. The van der Waals surface area contributed by atoms with Gasteiger partial charge in [-0.2, -0.15) is 0 Å². The number of aromatic nitrogens is 2. The average Bonchev–Trinajstić information content (AvgIpc) is 2.39. The molecule has 0 atom stereocenters. The van der Waals surface area contributed by atoms with E-state index in [1.165, 1.54) is 12.5 Å². The van der Waals surface area contributed by atoms with Crippen molar-refractivity contribution in [1.82, 2.24) is 9.97 Å². The van der Waals surface area contributed by atoms with Crippen LogP contribution in [0.3, 0.4) is 0 Å². The molecule has 1 aliphatic rings. The van der Waals surface area contributed by atoms with Crippen LogP contribution < -0.4 is 4.72 Å². The summed E-state index contributed by atoms with van der Waals surface area (Å²) in [5.41, 5.74) is 0.518. The molecule has 0 saturated heterocycles. The summed E-state index contributed by atoms with van der Waals surface area (Å²) < 4.78 is 27.5. The third-order valence-electron chi connectivity index (χ3n) is 3.89. The Bertz CT molecular complexity index is 804. The fourth-order valence-corrected chi connectivity index (χ4v) is 3.87. The fourth-order valence-electron chi connectivity index (χ4n) is 2.37. The molecular weight excluding hydrogens is 322 g/mol. The van der Waals surface area contributed by atoms with Crippen molar-refractivity contribution in [3.8, 4) is 0 Å². The minimum absolute atomic E-state index is 0.156. The molecule has 1 aliphatic carbocycles. The second-order valence-corrected chi connectivity index (χ2v) is 7.45. The average molecular weight is 338 g/mol. The summed E-state index contributed by atoms with van der Waals surface area (Å²) in [5, 5.41) is 0.417. The molecule has 0 bridgehead atoms. The summed E-state index contributed by atoms with van der Waals surface area (Å²) in [4.78, 5) is 8.71. The van der Waals surface area contributed by atoms with Crippen LogP contribution in [0.25, 0.3) is 0 Å². The van der Waals surface area contributed by atoms with E-state index in [0.29, 0.717) is 22.3 Å². The van der Waals surface area contributed by atoms with Crippen molar-refractivity contribution in [3.63, 3.8) is 0 Å². The summed E-state index contributed by atoms with van der Waals surface area (Å²) in [6, 6.07) is 6.36. The maximum Gasteiger partial charge on any atom is 0.263 e. The summed E-state index contributed by atoms with van der Waals surface area (Å²) >= 11 is 6.00. The molecule has 1 heterocycles. The van der Waals surface area contributed by atoms with E-state index < -0.39 is 10.0 Å². The molecule has 1 saturated carbocycles. The highest BCUT2D eigenvalue weighted by molar-refractivity contribution is 7.92. The third kappa shape index (κ3) is 2.94. The predicted molar refractivity (Wildman–Crippen MR) is 85.6 cm³/mol. The molecule has 0 radical (unpaired) electrons. The van der Waals surface area contributed by atoms with Crippen molar-refractivity contribution >= 4 is 27.4 Å². The summed E-state index contributed by atoms with van der Waals surface area (Å²) in [6.07, 6.45) is 4.88. The van der Waals surface area contributed by atoms with Crippen LogP contribution in [0.5, 0.6) is 0 Å². The van der Waals surface area contributed by atoms with E-state index in [1.54, 1.807) is 31.3 Å². The minimum Gasteiger partial charge on any atom is -0.263 e. The number of benzene rings is 1. The van der Waals surface area contributed by atoms with E-state index in [-0.39, 0.29) is 10.7 Å². The highest BCUT2D eigenvalue weighted by atomic mass is 35.5. The van der Waals surface area contributed by atoms with Crippen LogP contribution in [-0.2, 0) is 10.0 Å². The van der Waals surface area contributed by atoms with Crippen molar-refractivity contribution < 1.29 is 8.42 Å². The number of hydrogen-bond donors (Lipinski definition) is 1. The zero-order valence-corrected chi connectivity index (χ0v) is 13.7. The SMILES string of the molecule is Cc1c(Cl)cccc1S(=O)(=O)Nc1ccnc(C2CCC2)n1. The van der Waals surface area contributed by atoms with Gasteiger partial charge in [-0.25, -0.2) is 18.4 Å². The van der Waals surface area contributed by atoms with Gasteiger partial charge in [0.1, 0.15) is 11.6 Å². The molecule has 0 aliphatic heterocycles. The summed E-state index contributed by atoms with van der Waals surface area (Å²) in [6.45, 7) is 1.68. The minimum atomic E-state index is -3.72. The molecule has 7 heteroatoms. The Morgan fingerprint density at radius 2 is 2.05 bits per heavy atom. The molecule has 1 fully saturated rings. The second kappa shape index (κ2) is 5.85. The van der Waals surface area contributed by atoms with Crippen LogP contribution >= 0.6 is 11.6 Å². The number of nitrogens with zero attached hydrogens (tertiary/aromatic N) is 2. The van der Waals surface area contributed by atoms with Crippen molar-refractivity contribution in [2.75, 3.05) is 4.72 Å². The van der Waals surface area contributed by atoms with E-state index in [2.05, 4.69) is 14.7 Å². The van der Waals surface area contributed by atoms with Crippen LogP contribution in [0.4, 0.5) is 5.82 Å². The lowest BCUT2D eigenvalue weighted by atomic mass is 9.85. The van der Waals surface area contributed by atoms with Gasteiger partial charge >= 0.3 is 0 Å². The van der Waals surface area contributed by atoms with Gasteiger partial charge in [-0.15, -0.1) is 0 Å². The molecule has 0 amide bonds. The topological polar surface area (TPSA) is 72.0 Å². The smallest absolute Gasteiger partial charge is 0.263 e. The summed E-state index contributed by atoms with van der Waals surface area (Å²) in [5.74, 6) is 1.34. The first-order chi connectivity index (χ1) is 10.5. The molecule has 0 spiro atoms. The lowest BCUT2D eigenvalue weighted by Crippen LogP contribution is -2.18. The van der Waals surface area contributed by atoms with Gasteiger partial charge < -0.3 is 0 Å².